The summed E-state index contributed by atoms with van der Waals surface area (Å²) in [6.45, 7) is 3.82. The van der Waals surface area contributed by atoms with Crippen molar-refractivity contribution in [3.8, 4) is 5.75 Å². The second kappa shape index (κ2) is 6.58. The number of amides is 1. The molecule has 5 nitrogen and oxygen atoms in total. The number of nitrogens with one attached hydrogen (secondary N) is 2. The Kier molecular flexibility index (Phi) is 4.33. The van der Waals surface area contributed by atoms with Gasteiger partial charge in [0, 0.05) is 17.1 Å². The standard InChI is InChI=1S/C19H18N2O3/c1-12-8-13(2)10-15(9-12)20-18(23)11-24-16-5-3-4-14-6-7-17(22)21-19(14)16/h3-10H,11H2,1-2H3,(H,20,23)(H,21,22). The second-order valence-electron chi connectivity index (χ2n) is 5.76. The highest BCUT2D eigenvalue weighted by Crippen LogP contribution is 2.22. The molecular formula is C19H18N2O3. The van der Waals surface area contributed by atoms with E-state index < -0.39 is 0 Å². The molecule has 3 aromatic rings. The summed E-state index contributed by atoms with van der Waals surface area (Å²) in [5.41, 5.74) is 3.28. The molecule has 5 heteroatoms. The van der Waals surface area contributed by atoms with E-state index in [1.165, 1.54) is 6.07 Å². The van der Waals surface area contributed by atoms with Crippen LogP contribution in [0.4, 0.5) is 5.69 Å². The Labute approximate surface area is 139 Å². The molecule has 24 heavy (non-hydrogen) atoms. The van der Waals surface area contributed by atoms with E-state index in [2.05, 4.69) is 10.3 Å². The van der Waals surface area contributed by atoms with Gasteiger partial charge in [0.15, 0.2) is 6.61 Å². The van der Waals surface area contributed by atoms with Crippen molar-refractivity contribution in [2.24, 2.45) is 0 Å². The smallest absolute Gasteiger partial charge is 0.262 e. The van der Waals surface area contributed by atoms with Crippen LogP contribution in [-0.2, 0) is 4.79 Å². The molecule has 2 aromatic carbocycles. The maximum Gasteiger partial charge on any atom is 0.262 e. The normalized spacial score (nSPS) is 10.6. The summed E-state index contributed by atoms with van der Waals surface area (Å²) in [5.74, 6) is 0.219. The zero-order valence-electron chi connectivity index (χ0n) is 13.6. The van der Waals surface area contributed by atoms with E-state index in [-0.39, 0.29) is 18.1 Å². The van der Waals surface area contributed by atoms with E-state index in [0.29, 0.717) is 11.3 Å². The lowest BCUT2D eigenvalue weighted by molar-refractivity contribution is -0.118. The number of aromatic nitrogens is 1. The molecule has 1 amide bonds. The van der Waals surface area contributed by atoms with Crippen LogP contribution in [0.2, 0.25) is 0 Å². The van der Waals surface area contributed by atoms with Gasteiger partial charge in [-0.15, -0.1) is 0 Å². The molecule has 0 bridgehead atoms. The molecule has 1 heterocycles. The van der Waals surface area contributed by atoms with Gasteiger partial charge in [0.25, 0.3) is 5.91 Å². The molecule has 0 aliphatic rings. The minimum atomic E-state index is -0.254. The third kappa shape index (κ3) is 3.63. The third-order valence-corrected chi connectivity index (χ3v) is 3.59. The van der Waals surface area contributed by atoms with Crippen molar-refractivity contribution in [2.75, 3.05) is 11.9 Å². The summed E-state index contributed by atoms with van der Waals surface area (Å²) in [7, 11) is 0. The van der Waals surface area contributed by atoms with Crippen molar-refractivity contribution in [3.63, 3.8) is 0 Å². The number of pyridine rings is 1. The average Bonchev–Trinajstić information content (AvgIpc) is 2.52. The number of aromatic amines is 1. The number of H-pyrrole nitrogens is 1. The molecule has 0 radical (unpaired) electrons. The van der Waals surface area contributed by atoms with Crippen LogP contribution in [0.1, 0.15) is 11.1 Å². The molecule has 0 spiro atoms. The number of para-hydroxylation sites is 1. The maximum atomic E-state index is 12.1. The molecule has 2 N–H and O–H groups in total. The summed E-state index contributed by atoms with van der Waals surface area (Å²) in [4.78, 5) is 26.3. The molecule has 0 atom stereocenters. The Morgan fingerprint density at radius 1 is 1.08 bits per heavy atom. The van der Waals surface area contributed by atoms with Crippen LogP contribution in [0.25, 0.3) is 10.9 Å². The average molecular weight is 322 g/mol. The Bertz CT molecular complexity index is 940. The third-order valence-electron chi connectivity index (χ3n) is 3.59. The zero-order valence-corrected chi connectivity index (χ0v) is 13.6. The highest BCUT2D eigenvalue weighted by atomic mass is 16.5. The van der Waals surface area contributed by atoms with Gasteiger partial charge in [-0.25, -0.2) is 0 Å². The Morgan fingerprint density at radius 2 is 1.83 bits per heavy atom. The monoisotopic (exact) mass is 322 g/mol. The van der Waals surface area contributed by atoms with Crippen molar-refractivity contribution in [3.05, 3.63) is 70.0 Å². The highest BCUT2D eigenvalue weighted by molar-refractivity contribution is 5.92. The van der Waals surface area contributed by atoms with Crippen LogP contribution in [-0.4, -0.2) is 17.5 Å². The summed E-state index contributed by atoms with van der Waals surface area (Å²) < 4.78 is 5.59. The predicted octanol–water partition coefficient (Wildman–Crippen LogP) is 3.16. The van der Waals surface area contributed by atoms with Gasteiger partial charge in [0.2, 0.25) is 5.56 Å². The largest absolute Gasteiger partial charge is 0.482 e. The number of fused-ring (bicyclic) bond motifs is 1. The van der Waals surface area contributed by atoms with E-state index in [1.54, 1.807) is 12.1 Å². The van der Waals surface area contributed by atoms with Crippen LogP contribution >= 0.6 is 0 Å². The van der Waals surface area contributed by atoms with Gasteiger partial charge in [-0.05, 0) is 49.2 Å². The van der Waals surface area contributed by atoms with Gasteiger partial charge < -0.3 is 15.0 Å². The van der Waals surface area contributed by atoms with E-state index in [0.717, 1.165) is 22.2 Å². The number of benzene rings is 2. The van der Waals surface area contributed by atoms with E-state index in [4.69, 9.17) is 4.74 Å². The fraction of sp³-hybridized carbons (Fsp3) is 0.158. The molecular weight excluding hydrogens is 304 g/mol. The number of rotatable bonds is 4. The number of hydrogen-bond donors (Lipinski definition) is 2. The van der Waals surface area contributed by atoms with Gasteiger partial charge in [0.1, 0.15) is 5.75 Å². The van der Waals surface area contributed by atoms with Crippen LogP contribution < -0.4 is 15.6 Å². The number of anilines is 1. The molecule has 0 unspecified atom stereocenters. The van der Waals surface area contributed by atoms with E-state index >= 15 is 0 Å². The lowest BCUT2D eigenvalue weighted by Crippen LogP contribution is -2.20. The van der Waals surface area contributed by atoms with Crippen LogP contribution in [0, 0.1) is 13.8 Å². The first-order valence-corrected chi connectivity index (χ1v) is 7.64. The van der Waals surface area contributed by atoms with E-state index in [1.807, 2.05) is 44.2 Å². The first-order valence-electron chi connectivity index (χ1n) is 7.64. The van der Waals surface area contributed by atoms with Crippen molar-refractivity contribution < 1.29 is 9.53 Å². The Morgan fingerprint density at radius 3 is 2.58 bits per heavy atom. The summed E-state index contributed by atoms with van der Waals surface area (Å²) in [6.07, 6.45) is 0. The van der Waals surface area contributed by atoms with Gasteiger partial charge in [-0.1, -0.05) is 18.2 Å². The molecule has 122 valence electrons. The quantitative estimate of drug-likeness (QED) is 0.775. The Balaban J connectivity index is 1.72. The molecule has 0 fully saturated rings. The predicted molar refractivity (Wildman–Crippen MR) is 94.6 cm³/mol. The lowest BCUT2D eigenvalue weighted by atomic mass is 10.1. The van der Waals surface area contributed by atoms with Crippen molar-refractivity contribution in [1.82, 2.24) is 4.98 Å². The van der Waals surface area contributed by atoms with Gasteiger partial charge in [-0.2, -0.15) is 0 Å². The SMILES string of the molecule is Cc1cc(C)cc(NC(=O)COc2cccc3ccc(=O)[nH]c23)c1. The minimum absolute atomic E-state index is 0.136. The van der Waals surface area contributed by atoms with Crippen LogP contribution in [0.3, 0.4) is 0 Å². The van der Waals surface area contributed by atoms with Crippen LogP contribution in [0.5, 0.6) is 5.75 Å². The van der Waals surface area contributed by atoms with Crippen molar-refractivity contribution in [1.29, 1.82) is 0 Å². The number of aryl methyl sites for hydroxylation is 2. The first kappa shape index (κ1) is 15.8. The molecule has 0 saturated carbocycles. The fourth-order valence-corrected chi connectivity index (χ4v) is 2.66. The topological polar surface area (TPSA) is 71.2 Å². The molecule has 0 aliphatic heterocycles. The lowest BCUT2D eigenvalue weighted by Gasteiger charge is -2.10. The summed E-state index contributed by atoms with van der Waals surface area (Å²) >= 11 is 0. The number of carbonyl (C=O) groups excluding carboxylic acids is 1. The van der Waals surface area contributed by atoms with Crippen molar-refractivity contribution in [2.45, 2.75) is 13.8 Å². The summed E-state index contributed by atoms with van der Waals surface area (Å²) in [6, 6.07) is 14.4. The molecule has 0 aliphatic carbocycles. The van der Waals surface area contributed by atoms with Crippen molar-refractivity contribution >= 4 is 22.5 Å². The summed E-state index contributed by atoms with van der Waals surface area (Å²) in [5, 5.41) is 3.67. The van der Waals surface area contributed by atoms with Gasteiger partial charge >= 0.3 is 0 Å². The zero-order chi connectivity index (χ0) is 17.1. The fourth-order valence-electron chi connectivity index (χ4n) is 2.66. The van der Waals surface area contributed by atoms with E-state index in [9.17, 15) is 9.59 Å². The molecule has 3 rings (SSSR count). The molecule has 1 aromatic heterocycles. The number of hydrogen-bond acceptors (Lipinski definition) is 3. The van der Waals surface area contributed by atoms with Gasteiger partial charge in [0.05, 0.1) is 5.52 Å². The Hall–Kier alpha value is -3.08. The second-order valence-corrected chi connectivity index (χ2v) is 5.76. The first-order chi connectivity index (χ1) is 11.5. The maximum absolute atomic E-state index is 12.1. The number of carbonyl (C=O) groups is 1. The number of ether oxygens (including phenoxy) is 1. The molecule has 0 saturated heterocycles. The minimum Gasteiger partial charge on any atom is -0.482 e. The van der Waals surface area contributed by atoms with Gasteiger partial charge in [-0.3, -0.25) is 9.59 Å². The van der Waals surface area contributed by atoms with Crippen LogP contribution in [0.15, 0.2) is 53.3 Å². The highest BCUT2D eigenvalue weighted by Gasteiger charge is 2.07.